The largest absolute Gasteiger partial charge is 0.482 e. The van der Waals surface area contributed by atoms with E-state index in [0.29, 0.717) is 23.6 Å². The monoisotopic (exact) mass is 331 g/mol. The molecule has 1 amide bonds. The Labute approximate surface area is 140 Å². The van der Waals surface area contributed by atoms with E-state index >= 15 is 0 Å². The number of aliphatic carboxylic acids is 1. The highest BCUT2D eigenvalue weighted by molar-refractivity contribution is 5.95. The second-order valence-corrected chi connectivity index (χ2v) is 5.50. The highest BCUT2D eigenvalue weighted by atomic mass is 16.5. The number of carboxylic acids is 1. The van der Waals surface area contributed by atoms with E-state index in [2.05, 4.69) is 0 Å². The van der Waals surface area contributed by atoms with Crippen LogP contribution < -0.4 is 4.74 Å². The second-order valence-electron chi connectivity index (χ2n) is 5.50. The van der Waals surface area contributed by atoms with Gasteiger partial charge in [0.15, 0.2) is 6.61 Å². The third-order valence-corrected chi connectivity index (χ3v) is 3.50. The number of hydrogen-bond donors (Lipinski definition) is 1. The van der Waals surface area contributed by atoms with Crippen molar-refractivity contribution in [2.75, 3.05) is 13.7 Å². The number of benzene rings is 1. The normalized spacial score (nSPS) is 10.4. The van der Waals surface area contributed by atoms with Crippen molar-refractivity contribution in [1.82, 2.24) is 4.90 Å². The van der Waals surface area contributed by atoms with E-state index in [1.54, 1.807) is 36.4 Å². The lowest BCUT2D eigenvalue weighted by Gasteiger charge is -2.17. The van der Waals surface area contributed by atoms with Gasteiger partial charge < -0.3 is 19.2 Å². The molecule has 0 aliphatic rings. The van der Waals surface area contributed by atoms with Gasteiger partial charge in [-0.3, -0.25) is 4.79 Å². The molecule has 0 spiro atoms. The summed E-state index contributed by atoms with van der Waals surface area (Å²) in [4.78, 5) is 24.6. The number of hydrogen-bond acceptors (Lipinski definition) is 4. The molecule has 0 fully saturated rings. The predicted molar refractivity (Wildman–Crippen MR) is 88.1 cm³/mol. The average Bonchev–Trinajstić information content (AvgIpc) is 3.02. The van der Waals surface area contributed by atoms with Gasteiger partial charge in [0.2, 0.25) is 0 Å². The summed E-state index contributed by atoms with van der Waals surface area (Å²) in [6, 6.07) is 8.70. The van der Waals surface area contributed by atoms with Gasteiger partial charge in [0.05, 0.1) is 11.8 Å². The molecule has 2 aromatic rings. The molecule has 0 saturated heterocycles. The number of carbonyl (C=O) groups is 2. The van der Waals surface area contributed by atoms with E-state index < -0.39 is 5.97 Å². The van der Waals surface area contributed by atoms with Crippen LogP contribution in [0, 0.1) is 0 Å². The van der Waals surface area contributed by atoms with Crippen molar-refractivity contribution < 1.29 is 23.8 Å². The van der Waals surface area contributed by atoms with Crippen molar-refractivity contribution in [3.8, 4) is 5.75 Å². The summed E-state index contributed by atoms with van der Waals surface area (Å²) in [5.74, 6) is 0.0905. The Kier molecular flexibility index (Phi) is 6.01. The third-order valence-electron chi connectivity index (χ3n) is 3.50. The summed E-state index contributed by atoms with van der Waals surface area (Å²) in [5, 5.41) is 8.58. The van der Waals surface area contributed by atoms with E-state index in [-0.39, 0.29) is 12.5 Å². The molecule has 1 N–H and O–H groups in total. The minimum absolute atomic E-state index is 0.0848. The molecule has 0 unspecified atom stereocenters. The maximum atomic E-state index is 12.5. The minimum atomic E-state index is -1.02. The Bertz CT molecular complexity index is 690. The molecule has 0 aliphatic heterocycles. The summed E-state index contributed by atoms with van der Waals surface area (Å²) < 4.78 is 10.5. The van der Waals surface area contributed by atoms with Gasteiger partial charge >= 0.3 is 5.97 Å². The number of amides is 1. The highest BCUT2D eigenvalue weighted by Crippen LogP contribution is 2.17. The fraction of sp³-hybridized carbons (Fsp3) is 0.333. The van der Waals surface area contributed by atoms with Gasteiger partial charge in [-0.1, -0.05) is 19.1 Å². The zero-order valence-corrected chi connectivity index (χ0v) is 13.8. The first kappa shape index (κ1) is 17.6. The first-order valence-corrected chi connectivity index (χ1v) is 7.76. The van der Waals surface area contributed by atoms with E-state index in [1.165, 1.54) is 0 Å². The predicted octanol–water partition coefficient (Wildman–Crippen LogP) is 2.97. The number of carboxylic acid groups (broad SMARTS) is 1. The van der Waals surface area contributed by atoms with E-state index in [4.69, 9.17) is 14.3 Å². The molecule has 0 aliphatic carbocycles. The molecule has 24 heavy (non-hydrogen) atoms. The number of carbonyl (C=O) groups excluding carboxylic acids is 1. The Balaban J connectivity index is 1.98. The molecule has 128 valence electrons. The molecule has 0 atom stereocenters. The van der Waals surface area contributed by atoms with E-state index in [9.17, 15) is 9.59 Å². The lowest BCUT2D eigenvalue weighted by molar-refractivity contribution is -0.139. The smallest absolute Gasteiger partial charge is 0.341 e. The molecule has 1 aromatic carbocycles. The van der Waals surface area contributed by atoms with Crippen LogP contribution in [0.2, 0.25) is 0 Å². The van der Waals surface area contributed by atoms with Crippen LogP contribution in [0.3, 0.4) is 0 Å². The van der Waals surface area contributed by atoms with Crippen LogP contribution in [-0.2, 0) is 17.8 Å². The van der Waals surface area contributed by atoms with Crippen LogP contribution in [-0.4, -0.2) is 35.5 Å². The summed E-state index contributed by atoms with van der Waals surface area (Å²) in [5.41, 5.74) is 1.52. The fourth-order valence-corrected chi connectivity index (χ4v) is 2.34. The van der Waals surface area contributed by atoms with Crippen molar-refractivity contribution in [3.63, 3.8) is 0 Å². The Morgan fingerprint density at radius 3 is 2.54 bits per heavy atom. The zero-order chi connectivity index (χ0) is 17.5. The van der Waals surface area contributed by atoms with Crippen LogP contribution in [0.25, 0.3) is 0 Å². The molecule has 6 nitrogen and oxygen atoms in total. The van der Waals surface area contributed by atoms with Gasteiger partial charge in [-0.2, -0.15) is 0 Å². The average molecular weight is 331 g/mol. The zero-order valence-electron chi connectivity index (χ0n) is 13.8. The Morgan fingerprint density at radius 2 is 1.92 bits per heavy atom. The molecule has 2 rings (SSSR count). The van der Waals surface area contributed by atoms with Crippen molar-refractivity contribution in [3.05, 3.63) is 53.5 Å². The maximum Gasteiger partial charge on any atom is 0.341 e. The number of rotatable bonds is 8. The first-order chi connectivity index (χ1) is 11.5. The van der Waals surface area contributed by atoms with Crippen LogP contribution in [0.15, 0.2) is 41.0 Å². The summed E-state index contributed by atoms with van der Waals surface area (Å²) in [7, 11) is 1.74. The standard InChI is InChI=1S/C18H21NO5/c1-3-4-16-15(9-10-23-16)18(22)19(2)11-13-5-7-14(8-6-13)24-12-17(20)21/h5-10H,3-4,11-12H2,1-2H3,(H,20,21). The van der Waals surface area contributed by atoms with Crippen LogP contribution in [0.5, 0.6) is 5.75 Å². The molecule has 0 radical (unpaired) electrons. The first-order valence-electron chi connectivity index (χ1n) is 7.76. The van der Waals surface area contributed by atoms with Gasteiger partial charge in [0, 0.05) is 20.0 Å². The SMILES string of the molecule is CCCc1occc1C(=O)N(C)Cc1ccc(OCC(=O)O)cc1. The molecule has 0 bridgehead atoms. The van der Waals surface area contributed by atoms with Gasteiger partial charge in [-0.15, -0.1) is 0 Å². The molecule has 1 heterocycles. The van der Waals surface area contributed by atoms with E-state index in [1.807, 2.05) is 19.1 Å². The second kappa shape index (κ2) is 8.19. The van der Waals surface area contributed by atoms with Gasteiger partial charge in [0.1, 0.15) is 11.5 Å². The quantitative estimate of drug-likeness (QED) is 0.804. The molecular weight excluding hydrogens is 310 g/mol. The minimum Gasteiger partial charge on any atom is -0.482 e. The maximum absolute atomic E-state index is 12.5. The summed E-state index contributed by atoms with van der Waals surface area (Å²) in [6.45, 7) is 2.10. The van der Waals surface area contributed by atoms with Crippen LogP contribution in [0.1, 0.15) is 35.0 Å². The summed E-state index contributed by atoms with van der Waals surface area (Å²) in [6.07, 6.45) is 3.19. The van der Waals surface area contributed by atoms with Gasteiger partial charge in [-0.25, -0.2) is 4.79 Å². The van der Waals surface area contributed by atoms with E-state index in [0.717, 1.165) is 18.4 Å². The lowest BCUT2D eigenvalue weighted by atomic mass is 10.1. The van der Waals surface area contributed by atoms with Crippen LogP contribution >= 0.6 is 0 Å². The molecule has 1 aromatic heterocycles. The Hall–Kier alpha value is -2.76. The topological polar surface area (TPSA) is 80.0 Å². The number of furan rings is 1. The Morgan fingerprint density at radius 1 is 1.21 bits per heavy atom. The van der Waals surface area contributed by atoms with Crippen molar-refractivity contribution >= 4 is 11.9 Å². The summed E-state index contributed by atoms with van der Waals surface area (Å²) >= 11 is 0. The molecule has 6 heteroatoms. The number of nitrogens with zero attached hydrogens (tertiary/aromatic N) is 1. The van der Waals surface area contributed by atoms with Crippen molar-refractivity contribution in [1.29, 1.82) is 0 Å². The fourth-order valence-electron chi connectivity index (χ4n) is 2.34. The van der Waals surface area contributed by atoms with Gasteiger partial charge in [0.25, 0.3) is 5.91 Å². The molecular formula is C18H21NO5. The van der Waals surface area contributed by atoms with Gasteiger partial charge in [-0.05, 0) is 30.2 Å². The van der Waals surface area contributed by atoms with Crippen molar-refractivity contribution in [2.45, 2.75) is 26.3 Å². The third kappa shape index (κ3) is 4.62. The number of ether oxygens (including phenoxy) is 1. The highest BCUT2D eigenvalue weighted by Gasteiger charge is 2.18. The lowest BCUT2D eigenvalue weighted by Crippen LogP contribution is -2.26. The molecule has 0 saturated carbocycles. The number of aryl methyl sites for hydroxylation is 1. The van der Waals surface area contributed by atoms with Crippen LogP contribution in [0.4, 0.5) is 0 Å². The van der Waals surface area contributed by atoms with Crippen molar-refractivity contribution in [2.24, 2.45) is 0 Å².